The molecule has 1 aliphatic rings. The molecule has 1 atom stereocenters. The molecule has 2 amide bonds. The minimum Gasteiger partial charge on any atom is -0.497 e. The number of hydrogen-bond donors (Lipinski definition) is 4. The number of aromatic amines is 1. The van der Waals surface area contributed by atoms with Crippen LogP contribution in [-0.4, -0.2) is 53.6 Å². The monoisotopic (exact) mass is 464 g/mol. The molecule has 0 aliphatic carbocycles. The maximum Gasteiger partial charge on any atom is 0.243 e. The first-order valence-electron chi connectivity index (χ1n) is 11.8. The zero-order valence-corrected chi connectivity index (χ0v) is 19.5. The zero-order valence-electron chi connectivity index (χ0n) is 19.5. The Balaban J connectivity index is 1.45. The lowest BCUT2D eigenvalue weighted by atomic mass is 9.92. The van der Waals surface area contributed by atoms with E-state index in [9.17, 15) is 9.59 Å². The first kappa shape index (κ1) is 23.8. The molecule has 0 saturated carbocycles. The van der Waals surface area contributed by atoms with Gasteiger partial charge in [-0.1, -0.05) is 36.8 Å². The summed E-state index contributed by atoms with van der Waals surface area (Å²) in [5.41, 5.74) is 6.33. The van der Waals surface area contributed by atoms with Crippen LogP contribution in [-0.2, 0) is 16.0 Å². The highest BCUT2D eigenvalue weighted by Crippen LogP contribution is 2.38. The topological polar surface area (TPSA) is 107 Å². The molecule has 8 nitrogen and oxygen atoms in total. The minimum atomic E-state index is -0.380. The lowest BCUT2D eigenvalue weighted by Crippen LogP contribution is -2.43. The maximum atomic E-state index is 12.8. The van der Waals surface area contributed by atoms with Crippen LogP contribution in [0, 0.1) is 0 Å². The Labute approximate surface area is 199 Å². The number of amides is 2. The van der Waals surface area contributed by atoms with Gasteiger partial charge in [-0.25, -0.2) is 5.48 Å². The predicted molar refractivity (Wildman–Crippen MR) is 130 cm³/mol. The third-order valence-electron chi connectivity index (χ3n) is 6.44. The van der Waals surface area contributed by atoms with Gasteiger partial charge in [0, 0.05) is 36.1 Å². The Morgan fingerprint density at radius 2 is 1.88 bits per heavy atom. The van der Waals surface area contributed by atoms with Crippen LogP contribution in [0.25, 0.3) is 10.9 Å². The molecule has 8 heteroatoms. The summed E-state index contributed by atoms with van der Waals surface area (Å²) >= 11 is 0. The van der Waals surface area contributed by atoms with Gasteiger partial charge in [-0.3, -0.25) is 19.7 Å². The van der Waals surface area contributed by atoms with E-state index in [4.69, 9.17) is 9.94 Å². The fraction of sp³-hybridized carbons (Fsp3) is 0.385. The number of aromatic nitrogens is 1. The van der Waals surface area contributed by atoms with E-state index < -0.39 is 0 Å². The molecule has 0 bridgehead atoms. The molecule has 4 rings (SSSR count). The van der Waals surface area contributed by atoms with Gasteiger partial charge >= 0.3 is 0 Å². The fourth-order valence-corrected chi connectivity index (χ4v) is 4.74. The van der Waals surface area contributed by atoms with Crippen LogP contribution >= 0.6 is 0 Å². The molecule has 1 aliphatic heterocycles. The molecule has 0 radical (unpaired) electrons. The van der Waals surface area contributed by atoms with Crippen LogP contribution in [0.3, 0.4) is 0 Å². The summed E-state index contributed by atoms with van der Waals surface area (Å²) < 4.78 is 5.34. The van der Waals surface area contributed by atoms with E-state index >= 15 is 0 Å². The molecule has 0 saturated heterocycles. The van der Waals surface area contributed by atoms with Crippen LogP contribution in [0.1, 0.15) is 48.5 Å². The number of ether oxygens (including phenoxy) is 1. The van der Waals surface area contributed by atoms with E-state index in [1.54, 1.807) is 12.6 Å². The van der Waals surface area contributed by atoms with Crippen molar-refractivity contribution in [1.29, 1.82) is 0 Å². The largest absolute Gasteiger partial charge is 0.497 e. The van der Waals surface area contributed by atoms with Gasteiger partial charge in [0.1, 0.15) is 5.75 Å². The van der Waals surface area contributed by atoms with Gasteiger partial charge in [-0.2, -0.15) is 0 Å². The normalized spacial score (nSPS) is 15.6. The van der Waals surface area contributed by atoms with Gasteiger partial charge in [-0.15, -0.1) is 0 Å². The number of hydroxylamine groups is 1. The van der Waals surface area contributed by atoms with Crippen molar-refractivity contribution >= 4 is 22.7 Å². The van der Waals surface area contributed by atoms with Gasteiger partial charge in [0.15, 0.2) is 0 Å². The second kappa shape index (κ2) is 11.2. The quantitative estimate of drug-likeness (QED) is 0.209. The van der Waals surface area contributed by atoms with Crippen LogP contribution in [0.5, 0.6) is 5.75 Å². The highest BCUT2D eigenvalue weighted by molar-refractivity contribution is 5.85. The number of rotatable bonds is 10. The minimum absolute atomic E-state index is 0.00817. The molecule has 2 heterocycles. The maximum absolute atomic E-state index is 12.8. The Hall–Kier alpha value is -3.36. The Bertz CT molecular complexity index is 1130. The van der Waals surface area contributed by atoms with Crippen molar-refractivity contribution in [3.63, 3.8) is 0 Å². The number of methoxy groups -OCH3 is 1. The number of nitrogens with zero attached hydrogens (tertiary/aromatic N) is 1. The molecule has 1 unspecified atom stereocenters. The molecule has 0 fully saturated rings. The van der Waals surface area contributed by atoms with Crippen molar-refractivity contribution in [2.24, 2.45) is 0 Å². The number of nitrogens with one attached hydrogen (secondary N) is 3. The number of H-pyrrole nitrogens is 1. The summed E-state index contributed by atoms with van der Waals surface area (Å²) in [6.07, 6.45) is 3.45. The molecular formula is C26H32N4O4. The van der Waals surface area contributed by atoms with E-state index in [0.29, 0.717) is 19.5 Å². The molecule has 3 aromatic rings. The van der Waals surface area contributed by atoms with Gasteiger partial charge in [0.05, 0.1) is 19.7 Å². The molecule has 180 valence electrons. The van der Waals surface area contributed by atoms with E-state index in [-0.39, 0.29) is 24.3 Å². The zero-order chi connectivity index (χ0) is 23.9. The number of hydrogen-bond acceptors (Lipinski definition) is 5. The first-order chi connectivity index (χ1) is 16.6. The number of carbonyl (C=O) groups is 2. The van der Waals surface area contributed by atoms with Gasteiger partial charge in [0.2, 0.25) is 11.8 Å². The third-order valence-corrected chi connectivity index (χ3v) is 6.44. The average Bonchev–Trinajstić information content (AvgIpc) is 3.24. The Morgan fingerprint density at radius 1 is 1.09 bits per heavy atom. The Morgan fingerprint density at radius 3 is 2.65 bits per heavy atom. The van der Waals surface area contributed by atoms with Crippen LogP contribution in [0.4, 0.5) is 0 Å². The number of fused-ring (bicyclic) bond motifs is 3. The van der Waals surface area contributed by atoms with Crippen molar-refractivity contribution < 1.29 is 19.5 Å². The van der Waals surface area contributed by atoms with Gasteiger partial charge in [-0.05, 0) is 48.6 Å². The lowest BCUT2D eigenvalue weighted by Gasteiger charge is -2.35. The predicted octanol–water partition coefficient (Wildman–Crippen LogP) is 3.31. The van der Waals surface area contributed by atoms with Crippen LogP contribution in [0.2, 0.25) is 0 Å². The first-order valence-corrected chi connectivity index (χ1v) is 11.8. The second-order valence-electron chi connectivity index (χ2n) is 8.65. The number of benzene rings is 2. The van der Waals surface area contributed by atoms with Gasteiger partial charge in [0.25, 0.3) is 0 Å². The highest BCUT2D eigenvalue weighted by Gasteiger charge is 2.32. The molecule has 0 spiro atoms. The fourth-order valence-electron chi connectivity index (χ4n) is 4.74. The van der Waals surface area contributed by atoms with Crippen LogP contribution < -0.4 is 15.5 Å². The molecule has 4 N–H and O–H groups in total. The molecule has 1 aromatic heterocycles. The Kier molecular flexibility index (Phi) is 7.82. The van der Waals surface area contributed by atoms with Gasteiger partial charge < -0.3 is 15.0 Å². The van der Waals surface area contributed by atoms with E-state index in [2.05, 4.69) is 45.5 Å². The van der Waals surface area contributed by atoms with Crippen molar-refractivity contribution in [2.45, 2.75) is 38.1 Å². The van der Waals surface area contributed by atoms with Crippen molar-refractivity contribution in [2.75, 3.05) is 26.7 Å². The summed E-state index contributed by atoms with van der Waals surface area (Å²) in [6, 6.07) is 16.4. The smallest absolute Gasteiger partial charge is 0.243 e. The van der Waals surface area contributed by atoms with E-state index in [0.717, 1.165) is 48.3 Å². The number of para-hydroxylation sites is 1. The van der Waals surface area contributed by atoms with Crippen LogP contribution in [0.15, 0.2) is 48.5 Å². The molecule has 2 aromatic carbocycles. The molecule has 34 heavy (non-hydrogen) atoms. The van der Waals surface area contributed by atoms with Crippen molar-refractivity contribution in [3.8, 4) is 5.75 Å². The molecular weight excluding hydrogens is 432 g/mol. The standard InChI is InChI=1S/C26H32N4O4/c1-34-19-12-10-18(11-13-19)26-25-21(20-7-4-5-8-22(20)28-25)14-16-30(26)17-24(32)27-15-6-2-3-9-23(31)29-33/h4-5,7-8,10-13,26,28,33H,2-3,6,9,14-17H2,1H3,(H,27,32)(H,29,31). The summed E-state index contributed by atoms with van der Waals surface area (Å²) in [4.78, 5) is 29.7. The summed E-state index contributed by atoms with van der Waals surface area (Å²) in [7, 11) is 1.66. The number of unbranched alkanes of at least 4 members (excludes halogenated alkanes) is 2. The van der Waals surface area contributed by atoms with Crippen molar-refractivity contribution in [3.05, 3.63) is 65.4 Å². The van der Waals surface area contributed by atoms with E-state index in [1.165, 1.54) is 10.9 Å². The summed E-state index contributed by atoms with van der Waals surface area (Å²) in [5.74, 6) is 0.415. The third kappa shape index (κ3) is 5.40. The summed E-state index contributed by atoms with van der Waals surface area (Å²) in [6.45, 7) is 1.66. The van der Waals surface area contributed by atoms with Crippen molar-refractivity contribution in [1.82, 2.24) is 20.7 Å². The lowest BCUT2D eigenvalue weighted by molar-refractivity contribution is -0.129. The highest BCUT2D eigenvalue weighted by atomic mass is 16.5. The summed E-state index contributed by atoms with van der Waals surface area (Å²) in [5, 5.41) is 12.8. The SMILES string of the molecule is COc1ccc(C2c3[nH]c4ccccc4c3CCN2CC(=O)NCCCCCC(=O)NO)cc1. The number of carbonyl (C=O) groups excluding carboxylic acids is 2. The van der Waals surface area contributed by atoms with E-state index in [1.807, 2.05) is 18.2 Å². The average molecular weight is 465 g/mol. The second-order valence-corrected chi connectivity index (χ2v) is 8.65.